The lowest BCUT2D eigenvalue weighted by Crippen LogP contribution is -2.35. The minimum Gasteiger partial charge on any atom is -0.492 e. The van der Waals surface area contributed by atoms with E-state index in [1.165, 1.54) is 12.7 Å². The molecule has 0 saturated carbocycles. The number of ether oxygens (including phenoxy) is 2. The SMILES string of the molecule is OC[C@H]1O[C@@H](n2cnc3c(O)ncnc32)[C@H](OCc2ccc(Br)cc2)[C@@H]1O. The topological polar surface area (TPSA) is 123 Å². The fraction of sp³-hybridized carbons (Fsp3) is 0.353. The van der Waals surface area contributed by atoms with E-state index in [2.05, 4.69) is 30.9 Å². The number of aliphatic hydroxyl groups excluding tert-OH is 2. The fourth-order valence-electron chi connectivity index (χ4n) is 3.07. The van der Waals surface area contributed by atoms with Crippen molar-refractivity contribution in [3.05, 3.63) is 47.0 Å². The molecule has 4 rings (SSSR count). The van der Waals surface area contributed by atoms with E-state index < -0.39 is 24.5 Å². The lowest BCUT2D eigenvalue weighted by molar-refractivity contribution is -0.0761. The molecule has 27 heavy (non-hydrogen) atoms. The van der Waals surface area contributed by atoms with Crippen LogP contribution in [-0.4, -0.2) is 59.8 Å². The monoisotopic (exact) mass is 436 g/mol. The van der Waals surface area contributed by atoms with E-state index in [-0.39, 0.29) is 24.6 Å². The van der Waals surface area contributed by atoms with Gasteiger partial charge in [-0.25, -0.2) is 9.97 Å². The Bertz CT molecular complexity index is 935. The summed E-state index contributed by atoms with van der Waals surface area (Å²) in [6, 6.07) is 7.61. The van der Waals surface area contributed by atoms with E-state index in [0.29, 0.717) is 5.65 Å². The molecule has 0 spiro atoms. The van der Waals surface area contributed by atoms with Gasteiger partial charge < -0.3 is 24.8 Å². The van der Waals surface area contributed by atoms with Crippen molar-refractivity contribution >= 4 is 27.1 Å². The Labute approximate surface area is 162 Å². The fourth-order valence-corrected chi connectivity index (χ4v) is 3.34. The van der Waals surface area contributed by atoms with Crippen molar-refractivity contribution in [3.63, 3.8) is 0 Å². The highest BCUT2D eigenvalue weighted by Gasteiger charge is 2.46. The number of rotatable bonds is 5. The number of hydrogen-bond donors (Lipinski definition) is 3. The average Bonchev–Trinajstić information content (AvgIpc) is 3.23. The number of imidazole rings is 1. The average molecular weight is 437 g/mol. The maximum atomic E-state index is 10.5. The predicted molar refractivity (Wildman–Crippen MR) is 96.7 cm³/mol. The first-order valence-corrected chi connectivity index (χ1v) is 9.04. The van der Waals surface area contributed by atoms with Gasteiger partial charge in [0, 0.05) is 4.47 Å². The van der Waals surface area contributed by atoms with Crippen LogP contribution >= 0.6 is 15.9 Å². The van der Waals surface area contributed by atoms with E-state index in [0.717, 1.165) is 10.0 Å². The molecule has 0 bridgehead atoms. The van der Waals surface area contributed by atoms with E-state index in [9.17, 15) is 15.3 Å². The summed E-state index contributed by atoms with van der Waals surface area (Å²) in [6.07, 6.45) is -0.734. The summed E-state index contributed by atoms with van der Waals surface area (Å²) in [7, 11) is 0. The van der Waals surface area contributed by atoms with Crippen LogP contribution in [0.25, 0.3) is 11.2 Å². The van der Waals surface area contributed by atoms with Crippen molar-refractivity contribution in [2.45, 2.75) is 31.1 Å². The normalized spacial score (nSPS) is 25.3. The molecule has 0 amide bonds. The zero-order valence-corrected chi connectivity index (χ0v) is 15.6. The first-order valence-electron chi connectivity index (χ1n) is 8.25. The van der Waals surface area contributed by atoms with Gasteiger partial charge >= 0.3 is 0 Å². The number of benzene rings is 1. The Kier molecular flexibility index (Phi) is 5.06. The molecule has 10 heteroatoms. The zero-order chi connectivity index (χ0) is 19.0. The van der Waals surface area contributed by atoms with Gasteiger partial charge in [-0.1, -0.05) is 28.1 Å². The lowest BCUT2D eigenvalue weighted by Gasteiger charge is -2.22. The molecule has 142 valence electrons. The number of hydrogen-bond acceptors (Lipinski definition) is 8. The summed E-state index contributed by atoms with van der Waals surface area (Å²) in [5, 5.41) is 29.9. The summed E-state index contributed by atoms with van der Waals surface area (Å²) < 4.78 is 14.2. The van der Waals surface area contributed by atoms with Crippen LogP contribution in [0.1, 0.15) is 11.8 Å². The Morgan fingerprint density at radius 2 is 1.96 bits per heavy atom. The maximum Gasteiger partial charge on any atom is 0.242 e. The zero-order valence-electron chi connectivity index (χ0n) is 14.0. The largest absolute Gasteiger partial charge is 0.492 e. The van der Waals surface area contributed by atoms with Crippen LogP contribution in [0.2, 0.25) is 0 Å². The molecule has 1 aromatic carbocycles. The van der Waals surface area contributed by atoms with Gasteiger partial charge in [0.25, 0.3) is 0 Å². The summed E-state index contributed by atoms with van der Waals surface area (Å²) in [6.45, 7) is -0.109. The maximum absolute atomic E-state index is 10.5. The van der Waals surface area contributed by atoms with Crippen LogP contribution in [0, 0.1) is 0 Å². The standard InChI is InChI=1S/C17H17BrN4O5/c18-10-3-1-9(2-4-10)6-26-14-13(24)11(5-23)27-17(14)22-8-21-12-15(22)19-7-20-16(12)25/h1-4,7-8,11,13-14,17,23-24H,5-6H2,(H,19,20,25)/t11-,13-,14-,17-/m1/s1. The Morgan fingerprint density at radius 3 is 2.70 bits per heavy atom. The predicted octanol–water partition coefficient (Wildman–Crippen LogP) is 1.13. The first-order chi connectivity index (χ1) is 13.1. The van der Waals surface area contributed by atoms with Gasteiger partial charge in [0.2, 0.25) is 5.88 Å². The van der Waals surface area contributed by atoms with Gasteiger partial charge in [0.15, 0.2) is 17.4 Å². The molecule has 0 aliphatic carbocycles. The first kappa shape index (κ1) is 18.3. The number of halogens is 1. The summed E-state index contributed by atoms with van der Waals surface area (Å²) in [4.78, 5) is 11.9. The van der Waals surface area contributed by atoms with Crippen molar-refractivity contribution in [1.29, 1.82) is 0 Å². The van der Waals surface area contributed by atoms with Crippen molar-refractivity contribution in [1.82, 2.24) is 19.5 Å². The van der Waals surface area contributed by atoms with Crippen LogP contribution in [0.5, 0.6) is 5.88 Å². The van der Waals surface area contributed by atoms with Crippen LogP contribution in [0.3, 0.4) is 0 Å². The molecule has 2 aromatic heterocycles. The van der Waals surface area contributed by atoms with Gasteiger partial charge in [-0.15, -0.1) is 0 Å². The molecule has 1 aliphatic rings. The highest BCUT2D eigenvalue weighted by atomic mass is 79.9. The van der Waals surface area contributed by atoms with E-state index in [4.69, 9.17) is 9.47 Å². The highest BCUT2D eigenvalue weighted by molar-refractivity contribution is 9.10. The Balaban J connectivity index is 1.62. The highest BCUT2D eigenvalue weighted by Crippen LogP contribution is 2.34. The third-order valence-corrected chi connectivity index (χ3v) is 4.99. The molecular weight excluding hydrogens is 420 g/mol. The van der Waals surface area contributed by atoms with Gasteiger partial charge in [0.1, 0.15) is 24.6 Å². The molecule has 0 unspecified atom stereocenters. The third-order valence-electron chi connectivity index (χ3n) is 4.46. The van der Waals surface area contributed by atoms with Crippen molar-refractivity contribution in [3.8, 4) is 5.88 Å². The Hall–Kier alpha value is -2.11. The molecule has 1 aliphatic heterocycles. The van der Waals surface area contributed by atoms with Gasteiger partial charge in [-0.3, -0.25) is 4.57 Å². The summed E-state index contributed by atoms with van der Waals surface area (Å²) in [5.74, 6) is -0.247. The second-order valence-electron chi connectivity index (χ2n) is 6.16. The second kappa shape index (κ2) is 7.49. The smallest absolute Gasteiger partial charge is 0.242 e. The second-order valence-corrected chi connectivity index (χ2v) is 7.08. The quantitative estimate of drug-likeness (QED) is 0.543. The van der Waals surface area contributed by atoms with Crippen LogP contribution in [0.15, 0.2) is 41.4 Å². The van der Waals surface area contributed by atoms with Crippen LogP contribution in [0.4, 0.5) is 0 Å². The lowest BCUT2D eigenvalue weighted by atomic mass is 10.1. The number of fused-ring (bicyclic) bond motifs is 1. The van der Waals surface area contributed by atoms with Crippen LogP contribution < -0.4 is 0 Å². The molecule has 3 N–H and O–H groups in total. The van der Waals surface area contributed by atoms with Crippen molar-refractivity contribution in [2.75, 3.05) is 6.61 Å². The third kappa shape index (κ3) is 3.42. The minimum atomic E-state index is -1.04. The van der Waals surface area contributed by atoms with E-state index in [1.807, 2.05) is 24.3 Å². The minimum absolute atomic E-state index is 0.217. The molecule has 1 fully saturated rings. The van der Waals surface area contributed by atoms with E-state index >= 15 is 0 Å². The molecule has 3 aromatic rings. The van der Waals surface area contributed by atoms with E-state index in [1.54, 1.807) is 4.57 Å². The molecule has 3 heterocycles. The van der Waals surface area contributed by atoms with Crippen molar-refractivity contribution < 1.29 is 24.8 Å². The van der Waals surface area contributed by atoms with Gasteiger partial charge in [-0.2, -0.15) is 4.98 Å². The van der Waals surface area contributed by atoms with Gasteiger partial charge in [-0.05, 0) is 17.7 Å². The summed E-state index contributed by atoms with van der Waals surface area (Å²) >= 11 is 3.38. The summed E-state index contributed by atoms with van der Waals surface area (Å²) in [5.41, 5.74) is 1.48. The van der Waals surface area contributed by atoms with Gasteiger partial charge in [0.05, 0.1) is 19.5 Å². The van der Waals surface area contributed by atoms with Crippen LogP contribution in [-0.2, 0) is 16.1 Å². The Morgan fingerprint density at radius 1 is 1.19 bits per heavy atom. The number of aromatic nitrogens is 4. The van der Waals surface area contributed by atoms with Crippen molar-refractivity contribution in [2.24, 2.45) is 0 Å². The molecule has 4 atom stereocenters. The molecule has 0 radical (unpaired) electrons. The number of aliphatic hydroxyl groups is 2. The number of nitrogens with zero attached hydrogens (tertiary/aromatic N) is 4. The molecular formula is C17H17BrN4O5. The molecule has 1 saturated heterocycles. The molecule has 9 nitrogen and oxygen atoms in total. The number of aromatic hydroxyl groups is 1.